The number of carbonyl (C=O) groups is 2. The van der Waals surface area contributed by atoms with Gasteiger partial charge in [0.05, 0.1) is 5.92 Å². The maximum atomic E-state index is 12.5. The molecule has 2 N–H and O–H groups in total. The highest BCUT2D eigenvalue weighted by Gasteiger charge is 2.46. The normalized spacial score (nSPS) is 20.5. The number of hydrogen-bond acceptors (Lipinski definition) is 3. The molecule has 0 bridgehead atoms. The van der Waals surface area contributed by atoms with E-state index in [0.717, 1.165) is 0 Å². The van der Waals surface area contributed by atoms with E-state index in [1.165, 1.54) is 18.2 Å². The molecule has 0 heterocycles. The molecule has 1 aromatic rings. The zero-order valence-corrected chi connectivity index (χ0v) is 14.5. The molecule has 0 spiro atoms. The number of carboxylic acids is 1. The van der Waals surface area contributed by atoms with Gasteiger partial charge in [-0.1, -0.05) is 32.0 Å². The lowest BCUT2D eigenvalue weighted by Crippen LogP contribution is -2.34. The van der Waals surface area contributed by atoms with Gasteiger partial charge in [-0.25, -0.2) is 0 Å². The lowest BCUT2D eigenvalue weighted by molar-refractivity contribution is -0.274. The van der Waals surface area contributed by atoms with Gasteiger partial charge >= 0.3 is 12.3 Å². The molecular weight excluding hydrogens is 351 g/mol. The fraction of sp³-hybridized carbons (Fsp3) is 0.556. The maximum Gasteiger partial charge on any atom is 0.573 e. The molecule has 5 nitrogen and oxygen atoms in total. The van der Waals surface area contributed by atoms with E-state index in [4.69, 9.17) is 0 Å². The van der Waals surface area contributed by atoms with Gasteiger partial charge < -0.3 is 15.2 Å². The predicted octanol–water partition coefficient (Wildman–Crippen LogP) is 3.55. The van der Waals surface area contributed by atoms with Crippen LogP contribution in [0, 0.1) is 17.8 Å². The fourth-order valence-corrected chi connectivity index (χ4v) is 3.03. The Hall–Kier alpha value is -2.25. The van der Waals surface area contributed by atoms with Crippen LogP contribution in [0.15, 0.2) is 24.3 Å². The number of aliphatic carboxylic acids is 1. The summed E-state index contributed by atoms with van der Waals surface area (Å²) in [5.41, 5.74) is 0.335. The Morgan fingerprint density at radius 1 is 1.31 bits per heavy atom. The molecule has 1 aromatic carbocycles. The highest BCUT2D eigenvalue weighted by atomic mass is 19.4. The molecule has 3 atom stereocenters. The minimum absolute atomic E-state index is 0.0102. The van der Waals surface area contributed by atoms with Gasteiger partial charge in [0.25, 0.3) is 0 Å². The SMILES string of the molecule is CC(C)CC(CNC(=O)C1CC1c1ccccc1OC(F)(F)F)C(=O)O. The van der Waals surface area contributed by atoms with Crippen molar-refractivity contribution >= 4 is 11.9 Å². The van der Waals surface area contributed by atoms with Crippen LogP contribution in [0.5, 0.6) is 5.75 Å². The summed E-state index contributed by atoms with van der Waals surface area (Å²) in [4.78, 5) is 23.5. The number of amides is 1. The van der Waals surface area contributed by atoms with Gasteiger partial charge in [0.1, 0.15) is 5.75 Å². The first-order valence-electron chi connectivity index (χ1n) is 8.43. The topological polar surface area (TPSA) is 75.6 Å². The van der Waals surface area contributed by atoms with E-state index in [-0.39, 0.29) is 30.0 Å². The van der Waals surface area contributed by atoms with Crippen LogP contribution in [0.25, 0.3) is 0 Å². The van der Waals surface area contributed by atoms with Crippen LogP contribution in [0.1, 0.15) is 38.2 Å². The smallest absolute Gasteiger partial charge is 0.481 e. The molecular formula is C18H22F3NO4. The number of ether oxygens (including phenoxy) is 1. The summed E-state index contributed by atoms with van der Waals surface area (Å²) in [6, 6.07) is 5.76. The van der Waals surface area contributed by atoms with Gasteiger partial charge in [-0.3, -0.25) is 9.59 Å². The standard InChI is InChI=1S/C18H22F3NO4/c1-10(2)7-11(17(24)25)9-22-16(23)14-8-13(14)12-5-3-4-6-15(12)26-18(19,20)21/h3-6,10-11,13-14H,7-9H2,1-2H3,(H,22,23)(H,24,25). The molecule has 1 aliphatic carbocycles. The van der Waals surface area contributed by atoms with E-state index >= 15 is 0 Å². The summed E-state index contributed by atoms with van der Waals surface area (Å²) in [5, 5.41) is 11.8. The minimum Gasteiger partial charge on any atom is -0.481 e. The Bertz CT molecular complexity index is 660. The summed E-state index contributed by atoms with van der Waals surface area (Å²) in [6.45, 7) is 3.80. The largest absolute Gasteiger partial charge is 0.573 e. The third-order valence-corrected chi connectivity index (χ3v) is 4.30. The quantitative estimate of drug-likeness (QED) is 0.731. The average Bonchev–Trinajstić information content (AvgIpc) is 3.30. The Morgan fingerprint density at radius 3 is 2.54 bits per heavy atom. The third-order valence-electron chi connectivity index (χ3n) is 4.30. The number of nitrogens with one attached hydrogen (secondary N) is 1. The van der Waals surface area contributed by atoms with E-state index < -0.39 is 24.2 Å². The molecule has 0 aliphatic heterocycles. The van der Waals surface area contributed by atoms with Gasteiger partial charge in [-0.15, -0.1) is 13.2 Å². The van der Waals surface area contributed by atoms with E-state index in [2.05, 4.69) is 10.1 Å². The number of benzene rings is 1. The van der Waals surface area contributed by atoms with Crippen molar-refractivity contribution in [2.24, 2.45) is 17.8 Å². The van der Waals surface area contributed by atoms with E-state index in [0.29, 0.717) is 18.4 Å². The monoisotopic (exact) mass is 373 g/mol. The lowest BCUT2D eigenvalue weighted by Gasteiger charge is -2.16. The van der Waals surface area contributed by atoms with E-state index in [1.54, 1.807) is 6.07 Å². The molecule has 1 fully saturated rings. The highest BCUT2D eigenvalue weighted by molar-refractivity contribution is 5.83. The van der Waals surface area contributed by atoms with Gasteiger partial charge in [0.15, 0.2) is 0 Å². The number of hydrogen-bond donors (Lipinski definition) is 2. The number of rotatable bonds is 8. The molecule has 1 aliphatic rings. The first-order valence-corrected chi connectivity index (χ1v) is 8.43. The van der Waals surface area contributed by atoms with Crippen molar-refractivity contribution in [3.8, 4) is 5.75 Å². The van der Waals surface area contributed by atoms with E-state index in [1.807, 2.05) is 13.8 Å². The van der Waals surface area contributed by atoms with Crippen LogP contribution < -0.4 is 10.1 Å². The van der Waals surface area contributed by atoms with Crippen molar-refractivity contribution in [2.75, 3.05) is 6.54 Å². The first-order chi connectivity index (χ1) is 12.1. The van der Waals surface area contributed by atoms with E-state index in [9.17, 15) is 27.9 Å². The molecule has 0 aromatic heterocycles. The van der Waals surface area contributed by atoms with Gasteiger partial charge in [-0.05, 0) is 36.3 Å². The predicted molar refractivity (Wildman–Crippen MR) is 87.6 cm³/mol. The molecule has 1 amide bonds. The second-order valence-electron chi connectivity index (χ2n) is 6.94. The number of carboxylic acid groups (broad SMARTS) is 1. The van der Waals surface area contributed by atoms with Crippen molar-refractivity contribution < 1.29 is 32.6 Å². The number of halogens is 3. The van der Waals surface area contributed by atoms with Crippen LogP contribution in [-0.4, -0.2) is 29.9 Å². The van der Waals surface area contributed by atoms with Crippen molar-refractivity contribution in [1.29, 1.82) is 0 Å². The number of carbonyl (C=O) groups excluding carboxylic acids is 1. The summed E-state index contributed by atoms with van der Waals surface area (Å²) in [7, 11) is 0. The van der Waals surface area contributed by atoms with Gasteiger partial charge in [-0.2, -0.15) is 0 Å². The van der Waals surface area contributed by atoms with Crippen molar-refractivity contribution in [2.45, 2.75) is 39.0 Å². The summed E-state index contributed by atoms with van der Waals surface area (Å²) < 4.78 is 41.5. The molecule has 0 radical (unpaired) electrons. The highest BCUT2D eigenvalue weighted by Crippen LogP contribution is 2.51. The average molecular weight is 373 g/mol. The molecule has 0 saturated heterocycles. The molecule has 3 unspecified atom stereocenters. The van der Waals surface area contributed by atoms with Crippen molar-refractivity contribution in [3.05, 3.63) is 29.8 Å². The summed E-state index contributed by atoms with van der Waals surface area (Å²) in [5.74, 6) is -2.96. The Morgan fingerprint density at radius 2 is 1.96 bits per heavy atom. The first kappa shape index (κ1) is 20.1. The summed E-state index contributed by atoms with van der Waals surface area (Å²) in [6.07, 6.45) is -3.95. The molecule has 8 heteroatoms. The zero-order chi connectivity index (χ0) is 19.5. The van der Waals surface area contributed by atoms with Crippen LogP contribution in [0.4, 0.5) is 13.2 Å². The third kappa shape index (κ3) is 5.64. The lowest BCUT2D eigenvalue weighted by atomic mass is 9.97. The Balaban J connectivity index is 1.96. The second kappa shape index (κ2) is 7.97. The fourth-order valence-electron chi connectivity index (χ4n) is 3.03. The molecule has 2 rings (SSSR count). The van der Waals surface area contributed by atoms with Crippen LogP contribution in [-0.2, 0) is 9.59 Å². The number of para-hydroxylation sites is 1. The zero-order valence-electron chi connectivity index (χ0n) is 14.5. The van der Waals surface area contributed by atoms with Crippen molar-refractivity contribution in [3.63, 3.8) is 0 Å². The maximum absolute atomic E-state index is 12.5. The minimum atomic E-state index is -4.80. The van der Waals surface area contributed by atoms with Crippen LogP contribution >= 0.6 is 0 Å². The Kier molecular flexibility index (Phi) is 6.15. The summed E-state index contributed by atoms with van der Waals surface area (Å²) >= 11 is 0. The second-order valence-corrected chi connectivity index (χ2v) is 6.94. The van der Waals surface area contributed by atoms with Gasteiger partial charge in [0.2, 0.25) is 5.91 Å². The molecule has 144 valence electrons. The van der Waals surface area contributed by atoms with Crippen LogP contribution in [0.2, 0.25) is 0 Å². The molecule has 26 heavy (non-hydrogen) atoms. The van der Waals surface area contributed by atoms with Crippen LogP contribution in [0.3, 0.4) is 0 Å². The molecule has 1 saturated carbocycles. The number of alkyl halides is 3. The Labute approximate surface area is 149 Å². The van der Waals surface area contributed by atoms with Gasteiger partial charge in [0, 0.05) is 12.5 Å². The van der Waals surface area contributed by atoms with Crippen molar-refractivity contribution in [1.82, 2.24) is 5.32 Å².